The number of Topliss-reactive ketones (excluding diaryl/α,β-unsaturated/α-hetero) is 2. The van der Waals surface area contributed by atoms with Crippen LogP contribution < -0.4 is 0 Å². The molecule has 0 fully saturated rings. The lowest BCUT2D eigenvalue weighted by Crippen LogP contribution is -2.26. The van der Waals surface area contributed by atoms with Gasteiger partial charge in [-0.2, -0.15) is 0 Å². The summed E-state index contributed by atoms with van der Waals surface area (Å²) < 4.78 is 8.83. The van der Waals surface area contributed by atoms with E-state index in [1.165, 1.54) is 0 Å². The largest absolute Gasteiger partial charge is 0.515 e. The van der Waals surface area contributed by atoms with E-state index in [0.29, 0.717) is 11.1 Å². The molecule has 2 rings (SSSR count). The predicted octanol–water partition coefficient (Wildman–Crippen LogP) is 3.46. The van der Waals surface area contributed by atoms with Gasteiger partial charge in [0.15, 0.2) is 11.6 Å². The van der Waals surface area contributed by atoms with Crippen LogP contribution in [0.5, 0.6) is 0 Å². The maximum atomic E-state index is 12.4. The summed E-state index contributed by atoms with van der Waals surface area (Å²) in [6.45, 7) is 0. The second-order valence-corrected chi connectivity index (χ2v) is 5.56. The second-order valence-electron chi connectivity index (χ2n) is 5.56. The van der Waals surface area contributed by atoms with Gasteiger partial charge in [-0.05, 0) is 0 Å². The zero-order chi connectivity index (χ0) is 18.9. The summed E-state index contributed by atoms with van der Waals surface area (Å²) in [7, 11) is 1.06. The van der Waals surface area contributed by atoms with Gasteiger partial charge in [0.25, 0.3) is 0 Å². The van der Waals surface area contributed by atoms with E-state index in [4.69, 9.17) is 0 Å². The van der Waals surface area contributed by atoms with Crippen LogP contribution in [0.1, 0.15) is 33.6 Å². The number of hydrogen-bond donors (Lipinski definition) is 0. The molecule has 2 aromatic rings. The Kier molecular flexibility index (Phi) is 6.79. The fourth-order valence-electron chi connectivity index (χ4n) is 2.38. The second kappa shape index (κ2) is 9.27. The van der Waals surface area contributed by atoms with Crippen molar-refractivity contribution in [2.75, 3.05) is 7.11 Å². The normalized spacial score (nSPS) is 10.2. The number of rotatable bonds is 7. The van der Waals surface area contributed by atoms with Crippen LogP contribution in [0, 0.1) is 5.92 Å². The highest BCUT2D eigenvalue weighted by Crippen LogP contribution is 2.19. The number of esters is 1. The molecule has 0 aromatic heterocycles. The van der Waals surface area contributed by atoms with E-state index in [1.54, 1.807) is 60.7 Å². The Bertz CT molecular complexity index is 729. The molecule has 0 spiro atoms. The van der Waals surface area contributed by atoms with Gasteiger partial charge in [-0.1, -0.05) is 60.7 Å². The number of benzene rings is 2. The van der Waals surface area contributed by atoms with Crippen molar-refractivity contribution in [3.8, 4) is 0 Å². The molecular formula is C20H18O6. The minimum absolute atomic E-state index is 0.252. The highest BCUT2D eigenvalue weighted by Gasteiger charge is 2.29. The monoisotopic (exact) mass is 354 g/mol. The van der Waals surface area contributed by atoms with Gasteiger partial charge in [0.2, 0.25) is 0 Å². The molecule has 0 atom stereocenters. The van der Waals surface area contributed by atoms with Crippen LogP contribution in [0.25, 0.3) is 0 Å². The fourth-order valence-corrected chi connectivity index (χ4v) is 2.38. The van der Waals surface area contributed by atoms with Crippen molar-refractivity contribution in [1.29, 1.82) is 0 Å². The van der Waals surface area contributed by atoms with E-state index >= 15 is 0 Å². The van der Waals surface area contributed by atoms with Gasteiger partial charge in [-0.25, -0.2) is 4.79 Å². The minimum atomic E-state index is -1.18. The molecule has 0 aliphatic heterocycles. The maximum absolute atomic E-state index is 12.4. The maximum Gasteiger partial charge on any atom is 0.515 e. The summed E-state index contributed by atoms with van der Waals surface area (Å²) in [5, 5.41) is 0. The van der Waals surface area contributed by atoms with Crippen LogP contribution in [-0.4, -0.2) is 30.8 Å². The van der Waals surface area contributed by atoms with E-state index in [1.807, 2.05) is 0 Å². The first-order valence-corrected chi connectivity index (χ1v) is 7.97. The lowest BCUT2D eigenvalue weighted by molar-refractivity contribution is -0.144. The standard InChI is InChI=1S/C20H18O6/c1-25-20(24)26-19(23)16(12-17(21)14-8-4-2-5-9-14)13-18(22)15-10-6-3-7-11-15/h2-11,16H,12-13H2,1H3. The van der Waals surface area contributed by atoms with E-state index in [2.05, 4.69) is 9.47 Å². The molecule has 0 aliphatic carbocycles. The van der Waals surface area contributed by atoms with Crippen molar-refractivity contribution >= 4 is 23.7 Å². The Morgan fingerprint density at radius 1 is 0.769 bits per heavy atom. The van der Waals surface area contributed by atoms with Crippen LogP contribution >= 0.6 is 0 Å². The number of hydrogen-bond acceptors (Lipinski definition) is 6. The highest BCUT2D eigenvalue weighted by molar-refractivity contribution is 6.02. The summed E-state index contributed by atoms with van der Waals surface area (Å²) >= 11 is 0. The molecule has 0 unspecified atom stereocenters. The van der Waals surface area contributed by atoms with Crippen molar-refractivity contribution in [3.05, 3.63) is 71.8 Å². The van der Waals surface area contributed by atoms with Gasteiger partial charge in [-0.15, -0.1) is 0 Å². The molecule has 0 saturated heterocycles. The highest BCUT2D eigenvalue weighted by atomic mass is 16.7. The smallest absolute Gasteiger partial charge is 0.437 e. The summed E-state index contributed by atoms with van der Waals surface area (Å²) in [5.41, 5.74) is 0.825. The van der Waals surface area contributed by atoms with E-state index in [9.17, 15) is 19.2 Å². The third-order valence-electron chi connectivity index (χ3n) is 3.74. The van der Waals surface area contributed by atoms with E-state index < -0.39 is 18.0 Å². The Morgan fingerprint density at radius 2 is 1.19 bits per heavy atom. The molecule has 0 heterocycles. The zero-order valence-corrected chi connectivity index (χ0v) is 14.2. The number of carbonyl (C=O) groups is 4. The zero-order valence-electron chi connectivity index (χ0n) is 14.2. The number of methoxy groups -OCH3 is 1. The van der Waals surface area contributed by atoms with Gasteiger partial charge in [0.05, 0.1) is 13.0 Å². The molecule has 0 bridgehead atoms. The van der Waals surface area contributed by atoms with Crippen molar-refractivity contribution in [2.45, 2.75) is 12.8 Å². The summed E-state index contributed by atoms with van der Waals surface area (Å²) in [6, 6.07) is 16.8. The molecule has 0 N–H and O–H groups in total. The Hall–Kier alpha value is -3.28. The predicted molar refractivity (Wildman–Crippen MR) is 92.8 cm³/mol. The first kappa shape index (κ1) is 19.1. The SMILES string of the molecule is COC(=O)OC(=O)C(CC(=O)c1ccccc1)CC(=O)c1ccccc1. The number of carbonyl (C=O) groups excluding carboxylic acids is 4. The Labute approximate surface area is 150 Å². The molecule has 134 valence electrons. The summed E-state index contributed by atoms with van der Waals surface area (Å²) in [4.78, 5) is 48.2. The lowest BCUT2D eigenvalue weighted by Gasteiger charge is -2.14. The van der Waals surface area contributed by atoms with E-state index in [0.717, 1.165) is 7.11 Å². The third-order valence-corrected chi connectivity index (χ3v) is 3.74. The van der Waals surface area contributed by atoms with Crippen molar-refractivity contribution in [1.82, 2.24) is 0 Å². The van der Waals surface area contributed by atoms with Crippen molar-refractivity contribution in [3.63, 3.8) is 0 Å². The lowest BCUT2D eigenvalue weighted by atomic mass is 9.92. The molecule has 6 heteroatoms. The first-order valence-electron chi connectivity index (χ1n) is 7.97. The molecule has 0 amide bonds. The van der Waals surface area contributed by atoms with Crippen molar-refractivity contribution < 1.29 is 28.7 Å². The minimum Gasteiger partial charge on any atom is -0.437 e. The summed E-state index contributed by atoms with van der Waals surface area (Å²) in [6.07, 6.45) is -1.68. The van der Waals surface area contributed by atoms with Gasteiger partial charge >= 0.3 is 12.1 Å². The van der Waals surface area contributed by atoms with Crippen LogP contribution in [-0.2, 0) is 14.3 Å². The average molecular weight is 354 g/mol. The number of ether oxygens (including phenoxy) is 2. The third kappa shape index (κ3) is 5.37. The molecule has 26 heavy (non-hydrogen) atoms. The molecule has 0 radical (unpaired) electrons. The van der Waals surface area contributed by atoms with Gasteiger partial charge in [-0.3, -0.25) is 14.4 Å². The average Bonchev–Trinajstić information content (AvgIpc) is 2.68. The molecule has 6 nitrogen and oxygen atoms in total. The van der Waals surface area contributed by atoms with E-state index in [-0.39, 0.29) is 24.4 Å². The quantitative estimate of drug-likeness (QED) is 0.430. The topological polar surface area (TPSA) is 86.7 Å². The fraction of sp³-hybridized carbons (Fsp3) is 0.200. The Morgan fingerprint density at radius 3 is 1.58 bits per heavy atom. The first-order chi connectivity index (χ1) is 12.5. The molecule has 2 aromatic carbocycles. The molecule has 0 saturated carbocycles. The van der Waals surface area contributed by atoms with Crippen LogP contribution in [0.4, 0.5) is 4.79 Å². The van der Waals surface area contributed by atoms with Crippen molar-refractivity contribution in [2.24, 2.45) is 5.92 Å². The number of ketones is 2. The van der Waals surface area contributed by atoms with Gasteiger partial charge in [0.1, 0.15) is 0 Å². The van der Waals surface area contributed by atoms with Crippen LogP contribution in [0.2, 0.25) is 0 Å². The van der Waals surface area contributed by atoms with Crippen LogP contribution in [0.15, 0.2) is 60.7 Å². The summed E-state index contributed by atoms with van der Waals surface area (Å²) in [5.74, 6) is -2.70. The van der Waals surface area contributed by atoms with Gasteiger partial charge in [0, 0.05) is 24.0 Å². The van der Waals surface area contributed by atoms with Crippen LogP contribution in [0.3, 0.4) is 0 Å². The molecule has 0 aliphatic rings. The van der Waals surface area contributed by atoms with Gasteiger partial charge < -0.3 is 9.47 Å². The Balaban J connectivity index is 2.15. The molecular weight excluding hydrogens is 336 g/mol.